The molecule has 98 valence electrons. The Morgan fingerprint density at radius 2 is 2.00 bits per heavy atom. The minimum Gasteiger partial charge on any atom is -0.354 e. The molecule has 0 aliphatic heterocycles. The summed E-state index contributed by atoms with van der Waals surface area (Å²) >= 11 is 0. The molecule has 0 heterocycles. The van der Waals surface area contributed by atoms with Gasteiger partial charge in [0, 0.05) is 5.56 Å². The van der Waals surface area contributed by atoms with E-state index in [1.54, 1.807) is 0 Å². The number of benzene rings is 1. The van der Waals surface area contributed by atoms with E-state index in [1.165, 1.54) is 24.3 Å². The fourth-order valence-electron chi connectivity index (χ4n) is 1.19. The molecule has 0 amide bonds. The summed E-state index contributed by atoms with van der Waals surface area (Å²) in [6.45, 7) is 0. The molecule has 0 spiro atoms. The van der Waals surface area contributed by atoms with Gasteiger partial charge < -0.3 is 14.9 Å². The van der Waals surface area contributed by atoms with Gasteiger partial charge in [0.15, 0.2) is 0 Å². The van der Waals surface area contributed by atoms with Gasteiger partial charge in [-0.25, -0.2) is 4.79 Å². The number of carbonyl (C=O) groups excluding carboxylic acids is 1. The van der Waals surface area contributed by atoms with E-state index in [1.807, 2.05) is 0 Å². The molecular weight excluding hydrogens is 284 g/mol. The van der Waals surface area contributed by atoms with E-state index in [-0.39, 0.29) is 11.3 Å². The molecule has 3 N–H and O–H groups in total. The number of rotatable bonds is 5. The van der Waals surface area contributed by atoms with Crippen LogP contribution in [0.2, 0.25) is 0 Å². The molecule has 0 aromatic heterocycles. The summed E-state index contributed by atoms with van der Waals surface area (Å²) < 4.78 is 25.9. The van der Waals surface area contributed by atoms with Gasteiger partial charge >= 0.3 is 8.25 Å². The third kappa shape index (κ3) is 3.45. The van der Waals surface area contributed by atoms with Gasteiger partial charge in [0.25, 0.3) is 13.6 Å². The zero-order chi connectivity index (χ0) is 13.8. The Morgan fingerprint density at radius 3 is 2.50 bits per heavy atom. The van der Waals surface area contributed by atoms with Crippen LogP contribution in [-0.2, 0) is 24.0 Å². The lowest BCUT2D eigenvalue weighted by Gasteiger charge is -2.23. The van der Waals surface area contributed by atoms with Crippen molar-refractivity contribution in [3.63, 3.8) is 0 Å². The Bertz CT molecular complexity index is 542. The van der Waals surface area contributed by atoms with Gasteiger partial charge in [-0.3, -0.25) is 13.7 Å². The molecule has 18 heavy (non-hydrogen) atoms. The molecule has 8 nitrogen and oxygen atoms in total. The second-order valence-corrected chi connectivity index (χ2v) is 5.09. The Hall–Kier alpha value is -1.10. The summed E-state index contributed by atoms with van der Waals surface area (Å²) in [6, 6.07) is 4.94. The van der Waals surface area contributed by atoms with Crippen molar-refractivity contribution in [2.75, 3.05) is 0 Å². The lowest BCUT2D eigenvalue weighted by molar-refractivity contribution is -0.0741. The van der Waals surface area contributed by atoms with Crippen LogP contribution in [-0.4, -0.2) is 21.0 Å². The normalized spacial score (nSPS) is 17.3. The maximum absolute atomic E-state index is 11.1. The van der Waals surface area contributed by atoms with Crippen molar-refractivity contribution in [3.8, 4) is 0 Å². The van der Waals surface area contributed by atoms with Crippen molar-refractivity contribution in [1.29, 1.82) is 0 Å². The molecule has 0 radical (unpaired) electrons. The van der Waals surface area contributed by atoms with E-state index < -0.39 is 21.8 Å². The first-order chi connectivity index (χ1) is 8.40. The highest BCUT2D eigenvalue weighted by molar-refractivity contribution is 7.40. The summed E-state index contributed by atoms with van der Waals surface area (Å²) in [5, 5.41) is 9.81. The Labute approximate surface area is 102 Å². The fourth-order valence-corrected chi connectivity index (χ4v) is 2.58. The predicted molar refractivity (Wildman–Crippen MR) is 61.6 cm³/mol. The predicted octanol–water partition coefficient (Wildman–Crippen LogP) is 0.622. The molecule has 0 aliphatic carbocycles. The fraction of sp³-hybridized carbons (Fsp3) is 0.125. The van der Waals surface area contributed by atoms with Crippen LogP contribution >= 0.6 is 16.3 Å². The van der Waals surface area contributed by atoms with E-state index in [4.69, 9.17) is 9.79 Å². The molecule has 3 atom stereocenters. The van der Waals surface area contributed by atoms with Crippen molar-refractivity contribution in [1.82, 2.24) is 0 Å². The van der Waals surface area contributed by atoms with E-state index in [9.17, 15) is 19.0 Å². The molecule has 0 saturated heterocycles. The summed E-state index contributed by atoms with van der Waals surface area (Å²) in [5.41, 5.74) is -3.02. The van der Waals surface area contributed by atoms with Crippen molar-refractivity contribution >= 4 is 28.1 Å². The minimum atomic E-state index is -3.74. The largest absolute Gasteiger partial charge is 0.354 e. The summed E-state index contributed by atoms with van der Waals surface area (Å²) in [4.78, 5) is 31.0. The molecule has 1 aromatic rings. The minimum absolute atomic E-state index is 0.0467. The SMILES string of the molecule is O=C=Nc1cccc(C(O)(O[PH](=O)O)[PH](=O)O)c1. The van der Waals surface area contributed by atoms with Crippen molar-refractivity contribution in [2.45, 2.75) is 5.53 Å². The lowest BCUT2D eigenvalue weighted by Crippen LogP contribution is -2.22. The van der Waals surface area contributed by atoms with Gasteiger partial charge in [-0.2, -0.15) is 4.99 Å². The molecule has 0 aliphatic rings. The number of aliphatic imine (C=N–C) groups is 1. The molecule has 10 heteroatoms. The number of hydrogen-bond donors (Lipinski definition) is 3. The zero-order valence-corrected chi connectivity index (χ0v) is 10.7. The number of nitrogens with zero attached hydrogens (tertiary/aromatic N) is 1. The second kappa shape index (κ2) is 6.18. The molecule has 1 aromatic carbocycles. The smallest absolute Gasteiger partial charge is 0.319 e. The average Bonchev–Trinajstić information content (AvgIpc) is 2.28. The third-order valence-corrected chi connectivity index (χ3v) is 3.58. The van der Waals surface area contributed by atoms with Gasteiger partial charge in [-0.05, 0) is 12.1 Å². The zero-order valence-electron chi connectivity index (χ0n) is 8.73. The van der Waals surface area contributed by atoms with E-state index in [0.717, 1.165) is 6.07 Å². The van der Waals surface area contributed by atoms with Crippen LogP contribution in [0, 0.1) is 0 Å². The maximum Gasteiger partial charge on any atom is 0.319 e. The van der Waals surface area contributed by atoms with Gasteiger partial charge in [-0.1, -0.05) is 12.1 Å². The highest BCUT2D eigenvalue weighted by Gasteiger charge is 2.38. The molecule has 0 fully saturated rings. The number of hydrogen-bond acceptors (Lipinski definition) is 6. The summed E-state index contributed by atoms with van der Waals surface area (Å²) in [7, 11) is -7.39. The van der Waals surface area contributed by atoms with Gasteiger partial charge in [0.05, 0.1) is 5.69 Å². The van der Waals surface area contributed by atoms with Crippen LogP contribution in [0.15, 0.2) is 29.3 Å². The Kier molecular flexibility index (Phi) is 5.14. The quantitative estimate of drug-likeness (QED) is 0.313. The van der Waals surface area contributed by atoms with Crippen LogP contribution in [0.4, 0.5) is 5.69 Å². The first kappa shape index (κ1) is 15.0. The van der Waals surface area contributed by atoms with Gasteiger partial charge in [0.1, 0.15) is 0 Å². The first-order valence-corrected chi connectivity index (χ1v) is 7.08. The number of isocyanates is 1. The number of aliphatic hydroxyl groups is 1. The summed E-state index contributed by atoms with van der Waals surface area (Å²) in [5.74, 6) is 0. The third-order valence-electron chi connectivity index (χ3n) is 1.94. The maximum atomic E-state index is 11.1. The topological polar surface area (TPSA) is 133 Å². The lowest BCUT2D eigenvalue weighted by atomic mass is 10.2. The van der Waals surface area contributed by atoms with Crippen molar-refractivity contribution in [2.24, 2.45) is 4.99 Å². The van der Waals surface area contributed by atoms with Crippen LogP contribution in [0.3, 0.4) is 0 Å². The Balaban J connectivity index is 3.29. The van der Waals surface area contributed by atoms with E-state index >= 15 is 0 Å². The highest BCUT2D eigenvalue weighted by atomic mass is 31.1. The average molecular weight is 293 g/mol. The van der Waals surface area contributed by atoms with Gasteiger partial charge in [0.2, 0.25) is 6.08 Å². The van der Waals surface area contributed by atoms with Crippen LogP contribution in [0.1, 0.15) is 5.56 Å². The van der Waals surface area contributed by atoms with Crippen molar-refractivity contribution < 1.29 is 33.3 Å². The van der Waals surface area contributed by atoms with E-state index in [0.29, 0.717) is 0 Å². The molecule has 0 bridgehead atoms. The standard InChI is InChI=1S/C8H9NO7P2/c10-5-9-7-3-1-2-6(4-7)8(11,17(12)13)16-18(14)15/h1-4,11,17-18H,(H,12,13)(H,14,15). The monoisotopic (exact) mass is 293 g/mol. The second-order valence-electron chi connectivity index (χ2n) is 3.07. The summed E-state index contributed by atoms with van der Waals surface area (Å²) in [6.07, 6.45) is 1.25. The molecule has 0 saturated carbocycles. The molecule has 3 unspecified atom stereocenters. The molecule has 1 rings (SSSR count). The van der Waals surface area contributed by atoms with E-state index in [2.05, 4.69) is 9.52 Å². The van der Waals surface area contributed by atoms with Crippen LogP contribution < -0.4 is 0 Å². The van der Waals surface area contributed by atoms with Crippen LogP contribution in [0.25, 0.3) is 0 Å². The highest BCUT2D eigenvalue weighted by Crippen LogP contribution is 2.48. The molecular formula is C8H9NO7P2. The van der Waals surface area contributed by atoms with Crippen LogP contribution in [0.5, 0.6) is 0 Å². The first-order valence-electron chi connectivity index (χ1n) is 4.46. The van der Waals surface area contributed by atoms with Gasteiger partial charge in [-0.15, -0.1) is 0 Å². The Morgan fingerprint density at radius 1 is 1.33 bits per heavy atom. The van der Waals surface area contributed by atoms with Crippen molar-refractivity contribution in [3.05, 3.63) is 29.8 Å².